The molecule has 35 heavy (non-hydrogen) atoms. The molecule has 0 aliphatic heterocycles. The molecule has 1 aliphatic carbocycles. The smallest absolute Gasteiger partial charge is 0.173 e. The van der Waals surface area contributed by atoms with Crippen LogP contribution in [0.3, 0.4) is 0 Å². The molecule has 0 heterocycles. The number of methoxy groups -OCH3 is 1. The molecule has 0 spiro atoms. The molecule has 2 unspecified atom stereocenters. The van der Waals surface area contributed by atoms with Crippen molar-refractivity contribution < 1.29 is 17.9 Å². The number of nitrogens with zero attached hydrogens (tertiary/aromatic N) is 1. The monoisotopic (exact) mass is 497 g/mol. The first-order chi connectivity index (χ1) is 16.7. The van der Waals surface area contributed by atoms with Crippen molar-refractivity contribution in [2.45, 2.75) is 38.6 Å². The third-order valence-electron chi connectivity index (χ3n) is 6.01. The Morgan fingerprint density at radius 3 is 2.54 bits per heavy atom. The zero-order valence-electron chi connectivity index (χ0n) is 20.7. The number of nitrogens with one attached hydrogen (secondary N) is 2. The summed E-state index contributed by atoms with van der Waals surface area (Å²) in [7, 11) is -1.46. The first kappa shape index (κ1) is 26.6. The summed E-state index contributed by atoms with van der Waals surface area (Å²) in [6.45, 7) is 2.46. The van der Waals surface area contributed by atoms with Crippen LogP contribution in [0.5, 0.6) is 5.75 Å². The molecule has 2 N–H and O–H groups in total. The molecule has 1 aliphatic rings. The third kappa shape index (κ3) is 8.02. The number of aryl methyl sites for hydroxylation is 1. The number of hydrogen-bond donors (Lipinski definition) is 2. The van der Waals surface area contributed by atoms with Gasteiger partial charge in [-0.2, -0.15) is 0 Å². The first-order valence-corrected chi connectivity index (χ1v) is 14.1. The van der Waals surface area contributed by atoms with Crippen LogP contribution in [-0.2, 0) is 21.1 Å². The molecular weight excluding hydrogens is 462 g/mol. The molecule has 1 fully saturated rings. The van der Waals surface area contributed by atoms with Gasteiger partial charge in [-0.05, 0) is 61.8 Å². The van der Waals surface area contributed by atoms with Crippen LogP contribution in [0.2, 0.25) is 0 Å². The molecule has 188 valence electrons. The van der Waals surface area contributed by atoms with Gasteiger partial charge in [0, 0.05) is 36.5 Å². The van der Waals surface area contributed by atoms with Crippen LogP contribution < -0.4 is 10.1 Å². The minimum Gasteiger partial charge on any atom is -0.497 e. The number of carbonyl (C=O) groups is 1. The number of aliphatic imine (C=N–C) groups is 1. The van der Waals surface area contributed by atoms with Crippen LogP contribution in [-0.4, -0.2) is 51.8 Å². The van der Waals surface area contributed by atoms with E-state index in [1.807, 2.05) is 55.5 Å². The summed E-state index contributed by atoms with van der Waals surface area (Å²) in [4.78, 5) is 18.2. The summed E-state index contributed by atoms with van der Waals surface area (Å²) in [5.74, 6) is 0.0897. The van der Waals surface area contributed by atoms with Crippen molar-refractivity contribution in [1.29, 1.82) is 5.41 Å². The minimum atomic E-state index is -3.04. The van der Waals surface area contributed by atoms with E-state index in [1.54, 1.807) is 13.3 Å². The standard InChI is InChI=1S/C27H35N3O4S/c1-4-29-18-24(25(28)20-12-13-20)27(31)26(21-10-6-5-7-11-21)30-22-15-19(16-23(17-22)34-2)9-8-14-35(3,32)33/h5-7,10-11,15-18,20,24,26,28,30H,4,8-9,12-14H2,1-3H3. The molecule has 0 radical (unpaired) electrons. The quantitative estimate of drug-likeness (QED) is 0.373. The molecular formula is C27H35N3O4S. The van der Waals surface area contributed by atoms with Crippen molar-refractivity contribution in [2.24, 2.45) is 16.8 Å². The van der Waals surface area contributed by atoms with E-state index in [0.29, 0.717) is 36.5 Å². The molecule has 0 amide bonds. The maximum absolute atomic E-state index is 13.9. The minimum absolute atomic E-state index is 0.111. The number of anilines is 1. The summed E-state index contributed by atoms with van der Waals surface area (Å²) in [6, 6.07) is 14.4. The molecule has 1 saturated carbocycles. The Kier molecular flexibility index (Phi) is 9.20. The van der Waals surface area contributed by atoms with E-state index >= 15 is 0 Å². The van der Waals surface area contributed by atoms with E-state index in [2.05, 4.69) is 10.3 Å². The average molecular weight is 498 g/mol. The highest BCUT2D eigenvalue weighted by Crippen LogP contribution is 2.35. The van der Waals surface area contributed by atoms with Gasteiger partial charge in [0.05, 0.1) is 18.8 Å². The molecule has 2 aromatic carbocycles. The summed E-state index contributed by atoms with van der Waals surface area (Å²) >= 11 is 0. The van der Waals surface area contributed by atoms with Crippen LogP contribution in [0, 0.1) is 17.2 Å². The van der Waals surface area contributed by atoms with Gasteiger partial charge in [-0.1, -0.05) is 30.3 Å². The summed E-state index contributed by atoms with van der Waals surface area (Å²) in [6.07, 6.45) is 5.82. The van der Waals surface area contributed by atoms with Crippen molar-refractivity contribution in [3.63, 3.8) is 0 Å². The normalized spacial score (nSPS) is 15.5. The van der Waals surface area contributed by atoms with Crippen LogP contribution in [0.4, 0.5) is 5.69 Å². The SMILES string of the molecule is CCN=CC(C(=N)C1CC1)C(=O)C(Nc1cc(CCCS(C)(=O)=O)cc(OC)c1)c1ccccc1. The first-order valence-electron chi connectivity index (χ1n) is 12.0. The van der Waals surface area contributed by atoms with Gasteiger partial charge in [-0.15, -0.1) is 0 Å². The van der Waals surface area contributed by atoms with Gasteiger partial charge in [-0.25, -0.2) is 8.42 Å². The lowest BCUT2D eigenvalue weighted by Gasteiger charge is -2.24. The Morgan fingerprint density at radius 2 is 1.94 bits per heavy atom. The van der Waals surface area contributed by atoms with Gasteiger partial charge in [0.2, 0.25) is 0 Å². The number of benzene rings is 2. The summed E-state index contributed by atoms with van der Waals surface area (Å²) in [5.41, 5.74) is 2.86. The molecule has 0 bridgehead atoms. The Balaban J connectivity index is 1.92. The number of hydrogen-bond acceptors (Lipinski definition) is 7. The topological polar surface area (TPSA) is 109 Å². The second kappa shape index (κ2) is 12.1. The van der Waals surface area contributed by atoms with Crippen LogP contribution in [0.15, 0.2) is 53.5 Å². The number of Topliss-reactive ketones (excluding diaryl/α,β-unsaturated/α-hetero) is 1. The molecule has 3 rings (SSSR count). The van der Waals surface area contributed by atoms with Crippen molar-refractivity contribution in [2.75, 3.05) is 31.0 Å². The fraction of sp³-hybridized carbons (Fsp3) is 0.444. The predicted molar refractivity (Wildman–Crippen MR) is 142 cm³/mol. The van der Waals surface area contributed by atoms with Crippen molar-refractivity contribution in [1.82, 2.24) is 0 Å². The lowest BCUT2D eigenvalue weighted by atomic mass is 9.88. The van der Waals surface area contributed by atoms with Crippen molar-refractivity contribution >= 4 is 33.2 Å². The van der Waals surface area contributed by atoms with Gasteiger partial charge in [0.25, 0.3) is 0 Å². The van der Waals surface area contributed by atoms with E-state index in [4.69, 9.17) is 10.1 Å². The Hall–Kier alpha value is -3.00. The molecule has 8 heteroatoms. The van der Waals surface area contributed by atoms with Gasteiger partial charge >= 0.3 is 0 Å². The largest absolute Gasteiger partial charge is 0.497 e. The van der Waals surface area contributed by atoms with Gasteiger partial charge < -0.3 is 15.5 Å². The Bertz CT molecular complexity index is 1160. The predicted octanol–water partition coefficient (Wildman–Crippen LogP) is 4.53. The van der Waals surface area contributed by atoms with Crippen molar-refractivity contribution in [3.05, 3.63) is 59.7 Å². The molecule has 0 saturated heterocycles. The van der Waals surface area contributed by atoms with Crippen LogP contribution in [0.25, 0.3) is 0 Å². The zero-order valence-corrected chi connectivity index (χ0v) is 21.5. The lowest BCUT2D eigenvalue weighted by Crippen LogP contribution is -2.34. The number of ether oxygens (including phenoxy) is 1. The third-order valence-corrected chi connectivity index (χ3v) is 7.04. The summed E-state index contributed by atoms with van der Waals surface area (Å²) < 4.78 is 28.5. The molecule has 7 nitrogen and oxygen atoms in total. The highest BCUT2D eigenvalue weighted by Gasteiger charge is 2.37. The fourth-order valence-corrected chi connectivity index (χ4v) is 4.69. The van der Waals surface area contributed by atoms with E-state index in [9.17, 15) is 13.2 Å². The summed E-state index contributed by atoms with van der Waals surface area (Å²) in [5, 5.41) is 12.0. The van der Waals surface area contributed by atoms with E-state index < -0.39 is 21.8 Å². The highest BCUT2D eigenvalue weighted by molar-refractivity contribution is 7.90. The maximum atomic E-state index is 13.9. The van der Waals surface area contributed by atoms with E-state index in [-0.39, 0.29) is 17.5 Å². The van der Waals surface area contributed by atoms with Gasteiger partial charge in [0.15, 0.2) is 5.78 Å². The molecule has 2 aromatic rings. The van der Waals surface area contributed by atoms with E-state index in [1.165, 1.54) is 6.26 Å². The Labute approximate surface area is 208 Å². The lowest BCUT2D eigenvalue weighted by molar-refractivity contribution is -0.120. The number of carbonyl (C=O) groups excluding carboxylic acids is 1. The fourth-order valence-electron chi connectivity index (χ4n) is 4.02. The number of sulfone groups is 1. The van der Waals surface area contributed by atoms with Crippen molar-refractivity contribution in [3.8, 4) is 5.75 Å². The second-order valence-corrected chi connectivity index (χ2v) is 11.3. The average Bonchev–Trinajstić information content (AvgIpc) is 3.67. The maximum Gasteiger partial charge on any atom is 0.173 e. The van der Waals surface area contributed by atoms with Gasteiger partial charge in [-0.3, -0.25) is 9.79 Å². The molecule has 2 atom stereocenters. The molecule has 0 aromatic heterocycles. The van der Waals surface area contributed by atoms with E-state index in [0.717, 1.165) is 24.0 Å². The second-order valence-electron chi connectivity index (χ2n) is 9.05. The van der Waals surface area contributed by atoms with Gasteiger partial charge in [0.1, 0.15) is 21.6 Å². The van der Waals surface area contributed by atoms with Crippen LogP contribution >= 0.6 is 0 Å². The zero-order chi connectivity index (χ0) is 25.4. The highest BCUT2D eigenvalue weighted by atomic mass is 32.2. The number of ketones is 1. The van der Waals surface area contributed by atoms with Crippen LogP contribution in [0.1, 0.15) is 43.4 Å². The number of rotatable bonds is 14. The Morgan fingerprint density at radius 1 is 1.23 bits per heavy atom.